The maximum Gasteiger partial charge on any atom is 0.264 e. The first-order valence-corrected chi connectivity index (χ1v) is 7.50. The van der Waals surface area contributed by atoms with E-state index in [9.17, 15) is 13.6 Å². The van der Waals surface area contributed by atoms with Gasteiger partial charge in [0, 0.05) is 7.11 Å². The van der Waals surface area contributed by atoms with Crippen molar-refractivity contribution in [3.8, 4) is 17.0 Å². The summed E-state index contributed by atoms with van der Waals surface area (Å²) in [6.45, 7) is -0.508. The smallest absolute Gasteiger partial charge is 0.264 e. The first kappa shape index (κ1) is 16.9. The molecule has 2 rings (SSSR count). The van der Waals surface area contributed by atoms with Crippen LogP contribution in [0, 0.1) is 3.57 Å². The molecule has 0 aliphatic carbocycles. The van der Waals surface area contributed by atoms with Gasteiger partial charge in [-0.05, 0) is 64.6 Å². The maximum atomic E-state index is 12.7. The van der Waals surface area contributed by atoms with Gasteiger partial charge in [-0.25, -0.2) is 8.78 Å². The number of hydrogen-bond acceptors (Lipinski definition) is 3. The van der Waals surface area contributed by atoms with Crippen LogP contribution in [0.25, 0.3) is 11.3 Å². The lowest BCUT2D eigenvalue weighted by molar-refractivity contribution is 0.0511. The second-order valence-electron chi connectivity index (χ2n) is 4.45. The van der Waals surface area contributed by atoms with Gasteiger partial charge in [-0.2, -0.15) is 0 Å². The van der Waals surface area contributed by atoms with Crippen molar-refractivity contribution in [3.63, 3.8) is 0 Å². The van der Waals surface area contributed by atoms with Gasteiger partial charge in [0.15, 0.2) is 6.79 Å². The van der Waals surface area contributed by atoms with Crippen molar-refractivity contribution in [2.24, 2.45) is 0 Å². The Morgan fingerprint density at radius 3 is 2.45 bits per heavy atom. The van der Waals surface area contributed by atoms with Gasteiger partial charge in [-0.15, -0.1) is 0 Å². The molecule has 7 heteroatoms. The van der Waals surface area contributed by atoms with Gasteiger partial charge in [-0.3, -0.25) is 4.79 Å². The van der Waals surface area contributed by atoms with Gasteiger partial charge in [0.25, 0.3) is 12.0 Å². The number of aromatic nitrogens is 1. The second kappa shape index (κ2) is 7.68. The third kappa shape index (κ3) is 4.04. The third-order valence-electron chi connectivity index (χ3n) is 2.94. The fraction of sp³-hybridized carbons (Fsp3) is 0.267. The third-order valence-corrected chi connectivity index (χ3v) is 3.76. The van der Waals surface area contributed by atoms with Crippen LogP contribution >= 0.6 is 22.6 Å². The van der Waals surface area contributed by atoms with Crippen LogP contribution in [0.3, 0.4) is 0 Å². The quantitative estimate of drug-likeness (QED) is 0.531. The van der Waals surface area contributed by atoms with Crippen LogP contribution in [-0.4, -0.2) is 24.9 Å². The zero-order valence-electron chi connectivity index (χ0n) is 11.8. The minimum absolute atomic E-state index is 0.124. The average Bonchev–Trinajstić information content (AvgIpc) is 2.50. The highest BCUT2D eigenvalue weighted by molar-refractivity contribution is 14.1. The lowest BCUT2D eigenvalue weighted by Gasteiger charge is -2.13. The second-order valence-corrected chi connectivity index (χ2v) is 5.61. The van der Waals surface area contributed by atoms with Crippen LogP contribution in [0.2, 0.25) is 0 Å². The number of hydrogen-bond donors (Lipinski definition) is 0. The van der Waals surface area contributed by atoms with E-state index in [0.717, 1.165) is 4.57 Å². The van der Waals surface area contributed by atoms with E-state index < -0.39 is 18.5 Å². The van der Waals surface area contributed by atoms with Crippen LogP contribution < -0.4 is 10.3 Å². The molecular formula is C15H14F2INO3. The maximum absolute atomic E-state index is 12.7. The topological polar surface area (TPSA) is 40.5 Å². The molecule has 2 aromatic rings. The molecule has 4 nitrogen and oxygen atoms in total. The predicted octanol–water partition coefficient (Wildman–Crippen LogP) is 3.37. The van der Waals surface area contributed by atoms with E-state index in [0.29, 0.717) is 20.6 Å². The monoisotopic (exact) mass is 421 g/mol. The molecule has 0 spiro atoms. The van der Waals surface area contributed by atoms with Crippen molar-refractivity contribution >= 4 is 22.6 Å². The SMILES string of the molecule is COCOc1ccc(-c2ccc(I)c(=O)n2CC(F)F)cc1. The number of pyridine rings is 1. The van der Waals surface area contributed by atoms with Gasteiger partial charge in [0.05, 0.1) is 15.8 Å². The summed E-state index contributed by atoms with van der Waals surface area (Å²) in [6.07, 6.45) is -2.60. The number of halogens is 3. The van der Waals surface area contributed by atoms with Gasteiger partial charge in [0.1, 0.15) is 5.75 Å². The van der Waals surface area contributed by atoms with Crippen LogP contribution in [0.4, 0.5) is 8.78 Å². The molecule has 1 aromatic carbocycles. The molecule has 0 radical (unpaired) electrons. The lowest BCUT2D eigenvalue weighted by atomic mass is 10.1. The molecule has 0 saturated carbocycles. The molecule has 0 fully saturated rings. The van der Waals surface area contributed by atoms with Crippen LogP contribution in [0.1, 0.15) is 0 Å². The summed E-state index contributed by atoms with van der Waals surface area (Å²) < 4.78 is 37.0. The summed E-state index contributed by atoms with van der Waals surface area (Å²) in [5.41, 5.74) is 0.695. The van der Waals surface area contributed by atoms with Crippen LogP contribution in [0.5, 0.6) is 5.75 Å². The molecule has 0 unspecified atom stereocenters. The molecule has 0 aliphatic heterocycles. The molecule has 1 aromatic heterocycles. The molecule has 0 atom stereocenters. The normalized spacial score (nSPS) is 11.0. The average molecular weight is 421 g/mol. The van der Waals surface area contributed by atoms with E-state index in [-0.39, 0.29) is 6.79 Å². The van der Waals surface area contributed by atoms with Crippen LogP contribution in [-0.2, 0) is 11.3 Å². The molecule has 1 heterocycles. The Morgan fingerprint density at radius 1 is 1.18 bits per heavy atom. The van der Waals surface area contributed by atoms with Crippen molar-refractivity contribution < 1.29 is 18.3 Å². The summed E-state index contributed by atoms with van der Waals surface area (Å²) in [4.78, 5) is 12.1. The van der Waals surface area contributed by atoms with Gasteiger partial charge >= 0.3 is 0 Å². The Balaban J connectivity index is 2.39. The van der Waals surface area contributed by atoms with Gasteiger partial charge in [-0.1, -0.05) is 0 Å². The summed E-state index contributed by atoms with van der Waals surface area (Å²) in [5.74, 6) is 0.596. The summed E-state index contributed by atoms with van der Waals surface area (Å²) in [5, 5.41) is 0. The van der Waals surface area contributed by atoms with E-state index in [1.54, 1.807) is 36.4 Å². The fourth-order valence-corrected chi connectivity index (χ4v) is 2.44. The fourth-order valence-electron chi connectivity index (χ4n) is 1.97. The Kier molecular flexibility index (Phi) is 5.90. The van der Waals surface area contributed by atoms with Crippen molar-refractivity contribution in [1.82, 2.24) is 4.57 Å². The first-order chi connectivity index (χ1) is 10.5. The van der Waals surface area contributed by atoms with Gasteiger partial charge < -0.3 is 14.0 Å². The summed E-state index contributed by atoms with van der Waals surface area (Å²) in [7, 11) is 1.52. The van der Waals surface area contributed by atoms with E-state index in [1.807, 2.05) is 22.6 Å². The van der Waals surface area contributed by atoms with E-state index in [1.165, 1.54) is 7.11 Å². The van der Waals surface area contributed by atoms with E-state index >= 15 is 0 Å². The molecule has 22 heavy (non-hydrogen) atoms. The van der Waals surface area contributed by atoms with Crippen molar-refractivity contribution in [3.05, 3.63) is 50.3 Å². The van der Waals surface area contributed by atoms with Gasteiger partial charge in [0.2, 0.25) is 0 Å². The Hall–Kier alpha value is -1.48. The highest BCUT2D eigenvalue weighted by Crippen LogP contribution is 2.23. The Labute approximate surface area is 139 Å². The zero-order valence-corrected chi connectivity index (χ0v) is 13.9. The summed E-state index contributed by atoms with van der Waals surface area (Å²) >= 11 is 1.84. The number of methoxy groups -OCH3 is 1. The largest absolute Gasteiger partial charge is 0.468 e. The highest BCUT2D eigenvalue weighted by atomic mass is 127. The van der Waals surface area contributed by atoms with E-state index in [4.69, 9.17) is 9.47 Å². The van der Waals surface area contributed by atoms with Crippen molar-refractivity contribution in [2.45, 2.75) is 13.0 Å². The Bertz CT molecular complexity index is 686. The molecular weight excluding hydrogens is 407 g/mol. The van der Waals surface area contributed by atoms with E-state index in [2.05, 4.69) is 0 Å². The predicted molar refractivity (Wildman–Crippen MR) is 87.4 cm³/mol. The number of alkyl halides is 2. The molecule has 118 valence electrons. The molecule has 0 saturated heterocycles. The molecule has 0 amide bonds. The first-order valence-electron chi connectivity index (χ1n) is 6.42. The number of benzene rings is 1. The minimum Gasteiger partial charge on any atom is -0.468 e. The molecule has 0 N–H and O–H groups in total. The lowest BCUT2D eigenvalue weighted by Crippen LogP contribution is -2.26. The summed E-state index contributed by atoms with van der Waals surface area (Å²) in [6, 6.07) is 10.1. The highest BCUT2D eigenvalue weighted by Gasteiger charge is 2.13. The number of rotatable bonds is 6. The number of nitrogens with zero attached hydrogens (tertiary/aromatic N) is 1. The van der Waals surface area contributed by atoms with Crippen molar-refractivity contribution in [1.29, 1.82) is 0 Å². The van der Waals surface area contributed by atoms with Crippen molar-refractivity contribution in [2.75, 3.05) is 13.9 Å². The van der Waals surface area contributed by atoms with Crippen LogP contribution in [0.15, 0.2) is 41.2 Å². The Morgan fingerprint density at radius 2 is 1.86 bits per heavy atom. The molecule has 0 bridgehead atoms. The number of ether oxygens (including phenoxy) is 2. The minimum atomic E-state index is -2.60. The zero-order chi connectivity index (χ0) is 16.1. The molecule has 0 aliphatic rings. The standard InChI is InChI=1S/C15H14F2INO3/c1-21-9-22-11-4-2-10(3-5-11)13-7-6-12(18)15(20)19(13)8-14(16)17/h2-7,14H,8-9H2,1H3.